The highest BCUT2D eigenvalue weighted by Crippen LogP contribution is 2.39. The molecule has 1 saturated heterocycles. The van der Waals surface area contributed by atoms with E-state index >= 15 is 0 Å². The number of piperidine rings is 1. The minimum Gasteiger partial charge on any atom is -0.324 e. The predicted octanol–water partition coefficient (Wildman–Crippen LogP) is 2.23. The summed E-state index contributed by atoms with van der Waals surface area (Å²) in [5.74, 6) is 1.63. The quantitative estimate of drug-likeness (QED) is 0.774. The molecule has 1 aliphatic carbocycles. The number of hydrogen-bond acceptors (Lipinski definition) is 2. The standard InChI is InChI=1S/C13H26N2/c1-10-5-4-8-15(11(10)2)9-13(3,14)12-6-7-12/h10-12H,4-9,14H2,1-3H3. The summed E-state index contributed by atoms with van der Waals surface area (Å²) in [7, 11) is 0. The van der Waals surface area contributed by atoms with Crippen LogP contribution in [0.2, 0.25) is 0 Å². The zero-order valence-electron chi connectivity index (χ0n) is 10.5. The molecule has 2 rings (SSSR count). The molecule has 2 heteroatoms. The maximum atomic E-state index is 6.42. The second kappa shape index (κ2) is 4.06. The largest absolute Gasteiger partial charge is 0.324 e. The van der Waals surface area contributed by atoms with Crippen molar-refractivity contribution in [2.45, 2.75) is 58.0 Å². The van der Waals surface area contributed by atoms with Crippen LogP contribution >= 0.6 is 0 Å². The average Bonchev–Trinajstić information content (AvgIpc) is 2.95. The molecule has 0 bridgehead atoms. The molecule has 3 atom stereocenters. The van der Waals surface area contributed by atoms with Crippen molar-refractivity contribution in [3.05, 3.63) is 0 Å². The number of rotatable bonds is 3. The van der Waals surface area contributed by atoms with E-state index in [4.69, 9.17) is 5.73 Å². The van der Waals surface area contributed by atoms with E-state index in [-0.39, 0.29) is 5.54 Å². The van der Waals surface area contributed by atoms with Gasteiger partial charge in [-0.15, -0.1) is 0 Å². The van der Waals surface area contributed by atoms with Crippen LogP contribution in [-0.4, -0.2) is 29.6 Å². The van der Waals surface area contributed by atoms with Crippen LogP contribution in [0.25, 0.3) is 0 Å². The molecule has 0 aromatic rings. The molecule has 1 heterocycles. The summed E-state index contributed by atoms with van der Waals surface area (Å²) < 4.78 is 0. The van der Waals surface area contributed by atoms with Gasteiger partial charge in [-0.2, -0.15) is 0 Å². The SMILES string of the molecule is CC1CCCN(CC(C)(N)C2CC2)C1C. The van der Waals surface area contributed by atoms with Crippen LogP contribution in [0.5, 0.6) is 0 Å². The van der Waals surface area contributed by atoms with Crippen LogP contribution < -0.4 is 5.73 Å². The molecule has 3 unspecified atom stereocenters. The van der Waals surface area contributed by atoms with Crippen molar-refractivity contribution >= 4 is 0 Å². The van der Waals surface area contributed by atoms with Gasteiger partial charge < -0.3 is 5.73 Å². The Morgan fingerprint density at radius 2 is 1.93 bits per heavy atom. The first-order chi connectivity index (χ1) is 7.00. The van der Waals surface area contributed by atoms with Crippen molar-refractivity contribution in [1.29, 1.82) is 0 Å². The van der Waals surface area contributed by atoms with Gasteiger partial charge in [0.05, 0.1) is 0 Å². The Morgan fingerprint density at radius 1 is 1.27 bits per heavy atom. The molecule has 2 N–H and O–H groups in total. The van der Waals surface area contributed by atoms with Crippen LogP contribution in [0.3, 0.4) is 0 Å². The summed E-state index contributed by atoms with van der Waals surface area (Å²) in [4.78, 5) is 2.62. The van der Waals surface area contributed by atoms with Crippen molar-refractivity contribution in [2.24, 2.45) is 17.6 Å². The Bertz CT molecular complexity index is 221. The van der Waals surface area contributed by atoms with Gasteiger partial charge in [0.1, 0.15) is 0 Å². The Balaban J connectivity index is 1.92. The van der Waals surface area contributed by atoms with Crippen molar-refractivity contribution in [3.63, 3.8) is 0 Å². The van der Waals surface area contributed by atoms with Gasteiger partial charge in [0.25, 0.3) is 0 Å². The third kappa shape index (κ3) is 2.54. The topological polar surface area (TPSA) is 29.3 Å². The molecule has 0 radical (unpaired) electrons. The minimum absolute atomic E-state index is 0.0608. The van der Waals surface area contributed by atoms with E-state index in [1.54, 1.807) is 0 Å². The second-order valence-electron chi connectivity index (χ2n) is 6.11. The molecule has 15 heavy (non-hydrogen) atoms. The number of nitrogens with zero attached hydrogens (tertiary/aromatic N) is 1. The number of nitrogens with two attached hydrogens (primary N) is 1. The van der Waals surface area contributed by atoms with Gasteiger partial charge in [0, 0.05) is 18.1 Å². The summed E-state index contributed by atoms with van der Waals surface area (Å²) in [5, 5.41) is 0. The van der Waals surface area contributed by atoms with Crippen molar-refractivity contribution in [2.75, 3.05) is 13.1 Å². The summed E-state index contributed by atoms with van der Waals surface area (Å²) in [6.45, 7) is 9.35. The van der Waals surface area contributed by atoms with Crippen molar-refractivity contribution in [1.82, 2.24) is 4.90 Å². The fourth-order valence-electron chi connectivity index (χ4n) is 2.95. The van der Waals surface area contributed by atoms with Gasteiger partial charge >= 0.3 is 0 Å². The molecule has 0 aromatic carbocycles. The van der Waals surface area contributed by atoms with E-state index in [9.17, 15) is 0 Å². The molecule has 2 fully saturated rings. The van der Waals surface area contributed by atoms with E-state index in [0.717, 1.165) is 24.4 Å². The van der Waals surface area contributed by atoms with Crippen molar-refractivity contribution in [3.8, 4) is 0 Å². The monoisotopic (exact) mass is 210 g/mol. The molecule has 2 aliphatic rings. The minimum atomic E-state index is 0.0608. The van der Waals surface area contributed by atoms with Crippen LogP contribution in [0, 0.1) is 11.8 Å². The highest BCUT2D eigenvalue weighted by Gasteiger charge is 2.40. The van der Waals surface area contributed by atoms with Crippen LogP contribution in [0.15, 0.2) is 0 Å². The molecule has 2 nitrogen and oxygen atoms in total. The summed E-state index contributed by atoms with van der Waals surface area (Å²) in [5.41, 5.74) is 6.48. The van der Waals surface area contributed by atoms with Crippen LogP contribution in [0.1, 0.15) is 46.5 Å². The molecule has 1 aliphatic heterocycles. The highest BCUT2D eigenvalue weighted by atomic mass is 15.2. The van der Waals surface area contributed by atoms with Gasteiger partial charge in [-0.05, 0) is 57.9 Å². The second-order valence-corrected chi connectivity index (χ2v) is 6.11. The van der Waals surface area contributed by atoms with Gasteiger partial charge in [0.2, 0.25) is 0 Å². The van der Waals surface area contributed by atoms with Gasteiger partial charge in [0.15, 0.2) is 0 Å². The number of likely N-dealkylation sites (tertiary alicyclic amines) is 1. The fourth-order valence-corrected chi connectivity index (χ4v) is 2.95. The molecule has 88 valence electrons. The Morgan fingerprint density at radius 3 is 2.53 bits per heavy atom. The Kier molecular flexibility index (Phi) is 3.09. The van der Waals surface area contributed by atoms with Crippen LogP contribution in [-0.2, 0) is 0 Å². The highest BCUT2D eigenvalue weighted by molar-refractivity contribution is 4.98. The summed E-state index contributed by atoms with van der Waals surface area (Å²) >= 11 is 0. The van der Waals surface area contributed by atoms with Gasteiger partial charge in [-0.1, -0.05) is 6.92 Å². The lowest BCUT2D eigenvalue weighted by Crippen LogP contribution is -2.54. The lowest BCUT2D eigenvalue weighted by molar-refractivity contribution is 0.0852. The third-order valence-electron chi connectivity index (χ3n) is 4.56. The third-order valence-corrected chi connectivity index (χ3v) is 4.56. The average molecular weight is 210 g/mol. The van der Waals surface area contributed by atoms with E-state index in [0.29, 0.717) is 0 Å². The van der Waals surface area contributed by atoms with E-state index in [1.165, 1.54) is 32.2 Å². The predicted molar refractivity (Wildman–Crippen MR) is 64.7 cm³/mol. The van der Waals surface area contributed by atoms with E-state index in [2.05, 4.69) is 25.7 Å². The fraction of sp³-hybridized carbons (Fsp3) is 1.00. The summed E-state index contributed by atoms with van der Waals surface area (Å²) in [6, 6.07) is 0.723. The first-order valence-corrected chi connectivity index (χ1v) is 6.53. The molecule has 1 saturated carbocycles. The lowest BCUT2D eigenvalue weighted by atomic mass is 9.89. The lowest BCUT2D eigenvalue weighted by Gasteiger charge is -2.42. The normalized spacial score (nSPS) is 37.6. The first kappa shape index (κ1) is 11.4. The first-order valence-electron chi connectivity index (χ1n) is 6.53. The number of hydrogen-bond donors (Lipinski definition) is 1. The zero-order chi connectivity index (χ0) is 11.1. The zero-order valence-corrected chi connectivity index (χ0v) is 10.5. The molecule has 0 amide bonds. The maximum absolute atomic E-state index is 6.42. The van der Waals surface area contributed by atoms with Crippen molar-refractivity contribution < 1.29 is 0 Å². The van der Waals surface area contributed by atoms with Gasteiger partial charge in [-0.25, -0.2) is 0 Å². The molecule has 0 spiro atoms. The smallest absolute Gasteiger partial charge is 0.0283 e. The maximum Gasteiger partial charge on any atom is 0.0283 e. The molecule has 0 aromatic heterocycles. The van der Waals surface area contributed by atoms with E-state index in [1.807, 2.05) is 0 Å². The Labute approximate surface area is 94.2 Å². The van der Waals surface area contributed by atoms with E-state index < -0.39 is 0 Å². The summed E-state index contributed by atoms with van der Waals surface area (Å²) in [6.07, 6.45) is 5.45. The molecular formula is C13H26N2. The molecular weight excluding hydrogens is 184 g/mol. The Hall–Kier alpha value is -0.0800. The van der Waals surface area contributed by atoms with Crippen LogP contribution in [0.4, 0.5) is 0 Å². The van der Waals surface area contributed by atoms with Gasteiger partial charge in [-0.3, -0.25) is 4.90 Å².